The normalized spacial score (nSPS) is 25.4. The van der Waals surface area contributed by atoms with Gasteiger partial charge in [-0.25, -0.2) is 0 Å². The topological polar surface area (TPSA) is 15.3 Å². The average molecular weight is 236 g/mol. The molecule has 1 saturated heterocycles. The van der Waals surface area contributed by atoms with Gasteiger partial charge in [-0.1, -0.05) is 6.07 Å². The molecule has 1 aliphatic heterocycles. The van der Waals surface area contributed by atoms with E-state index < -0.39 is 0 Å². The van der Waals surface area contributed by atoms with Gasteiger partial charge in [-0.3, -0.25) is 4.90 Å². The van der Waals surface area contributed by atoms with E-state index in [0.717, 1.165) is 12.0 Å². The molecule has 16 heavy (non-hydrogen) atoms. The van der Waals surface area contributed by atoms with Gasteiger partial charge in [-0.05, 0) is 49.7 Å². The Labute approximate surface area is 102 Å². The fourth-order valence-electron chi connectivity index (χ4n) is 2.59. The quantitative estimate of drug-likeness (QED) is 0.844. The lowest BCUT2D eigenvalue weighted by Gasteiger charge is -2.24. The maximum atomic E-state index is 3.47. The van der Waals surface area contributed by atoms with E-state index in [0.29, 0.717) is 0 Å². The molecule has 0 amide bonds. The predicted octanol–water partition coefficient (Wildman–Crippen LogP) is 2.32. The van der Waals surface area contributed by atoms with Crippen molar-refractivity contribution in [3.05, 3.63) is 22.4 Å². The highest BCUT2D eigenvalue weighted by atomic mass is 32.1. The third-order valence-corrected chi connectivity index (χ3v) is 4.52. The highest BCUT2D eigenvalue weighted by Crippen LogP contribution is 2.30. The summed E-state index contributed by atoms with van der Waals surface area (Å²) in [6, 6.07) is 5.33. The number of rotatable bonds is 5. The second-order valence-corrected chi connectivity index (χ2v) is 6.13. The van der Waals surface area contributed by atoms with Crippen LogP contribution in [0, 0.1) is 5.92 Å². The lowest BCUT2D eigenvalue weighted by atomic mass is 10.1. The lowest BCUT2D eigenvalue weighted by Crippen LogP contribution is -2.31. The highest BCUT2D eigenvalue weighted by Gasteiger charge is 2.31. The minimum absolute atomic E-state index is 0.889. The van der Waals surface area contributed by atoms with Gasteiger partial charge in [0.05, 0.1) is 0 Å². The van der Waals surface area contributed by atoms with E-state index in [2.05, 4.69) is 27.7 Å². The molecule has 88 valence electrons. The van der Waals surface area contributed by atoms with Crippen molar-refractivity contribution in [2.24, 2.45) is 5.92 Å². The van der Waals surface area contributed by atoms with Crippen LogP contribution >= 0.6 is 11.3 Å². The molecule has 2 heterocycles. The van der Waals surface area contributed by atoms with Crippen LogP contribution < -0.4 is 5.32 Å². The van der Waals surface area contributed by atoms with Crippen molar-refractivity contribution in [2.75, 3.05) is 19.6 Å². The van der Waals surface area contributed by atoms with Crippen LogP contribution in [0.15, 0.2) is 17.5 Å². The predicted molar refractivity (Wildman–Crippen MR) is 68.7 cm³/mol. The molecule has 1 atom stereocenters. The third kappa shape index (κ3) is 2.65. The summed E-state index contributed by atoms with van der Waals surface area (Å²) in [4.78, 5) is 4.24. The Balaban J connectivity index is 1.57. The maximum Gasteiger partial charge on any atom is 0.0330 e. The number of hydrogen-bond acceptors (Lipinski definition) is 3. The van der Waals surface area contributed by atoms with E-state index in [-0.39, 0.29) is 0 Å². The van der Waals surface area contributed by atoms with Crippen molar-refractivity contribution >= 4 is 11.3 Å². The molecule has 0 aromatic carbocycles. The van der Waals surface area contributed by atoms with E-state index >= 15 is 0 Å². The van der Waals surface area contributed by atoms with Crippen molar-refractivity contribution in [1.29, 1.82) is 0 Å². The van der Waals surface area contributed by atoms with Crippen LogP contribution in [0.5, 0.6) is 0 Å². The monoisotopic (exact) mass is 236 g/mol. The molecular formula is C13H20N2S. The molecule has 3 heteroatoms. The van der Waals surface area contributed by atoms with Gasteiger partial charge in [0.15, 0.2) is 0 Å². The average Bonchev–Trinajstić information content (AvgIpc) is 2.79. The molecule has 1 aromatic heterocycles. The molecule has 1 N–H and O–H groups in total. The highest BCUT2D eigenvalue weighted by molar-refractivity contribution is 7.09. The molecule has 2 fully saturated rings. The minimum atomic E-state index is 0.889. The van der Waals surface area contributed by atoms with E-state index in [1.165, 1.54) is 50.3 Å². The number of hydrogen-bond donors (Lipinski definition) is 1. The molecule has 1 aliphatic carbocycles. The molecule has 1 aromatic rings. The van der Waals surface area contributed by atoms with Gasteiger partial charge in [-0.15, -0.1) is 11.3 Å². The van der Waals surface area contributed by atoms with Crippen molar-refractivity contribution in [1.82, 2.24) is 10.2 Å². The summed E-state index contributed by atoms with van der Waals surface area (Å²) in [5.41, 5.74) is 0. The first-order valence-corrected chi connectivity index (χ1v) is 7.27. The third-order valence-electron chi connectivity index (χ3n) is 3.66. The van der Waals surface area contributed by atoms with Crippen LogP contribution in [-0.2, 0) is 6.54 Å². The zero-order valence-corrected chi connectivity index (χ0v) is 10.5. The minimum Gasteiger partial charge on any atom is -0.316 e. The first-order valence-electron chi connectivity index (χ1n) is 6.39. The van der Waals surface area contributed by atoms with Crippen molar-refractivity contribution in [2.45, 2.75) is 31.8 Å². The Morgan fingerprint density at radius 3 is 2.94 bits per heavy atom. The van der Waals surface area contributed by atoms with Crippen molar-refractivity contribution < 1.29 is 0 Å². The summed E-state index contributed by atoms with van der Waals surface area (Å²) in [6.07, 6.45) is 4.21. The second kappa shape index (κ2) is 4.86. The SMILES string of the molecule is c1csc(CN(CC2CCNC2)C2CC2)c1. The maximum absolute atomic E-state index is 3.47. The molecular weight excluding hydrogens is 216 g/mol. The Hall–Kier alpha value is -0.380. The molecule has 0 bridgehead atoms. The summed E-state index contributed by atoms with van der Waals surface area (Å²) in [6.45, 7) is 4.93. The Bertz CT molecular complexity index is 313. The van der Waals surface area contributed by atoms with Gasteiger partial charge in [-0.2, -0.15) is 0 Å². The Morgan fingerprint density at radius 1 is 1.38 bits per heavy atom. The molecule has 1 saturated carbocycles. The second-order valence-electron chi connectivity index (χ2n) is 5.10. The van der Waals surface area contributed by atoms with Crippen LogP contribution in [0.2, 0.25) is 0 Å². The van der Waals surface area contributed by atoms with Crippen LogP contribution in [-0.4, -0.2) is 30.6 Å². The standard InChI is InChI=1S/C13H20N2S/c1-2-13(16-7-1)10-15(12-3-4-12)9-11-5-6-14-8-11/h1-2,7,11-12,14H,3-6,8-10H2. The Morgan fingerprint density at radius 2 is 2.31 bits per heavy atom. The molecule has 1 unspecified atom stereocenters. The van der Waals surface area contributed by atoms with Crippen LogP contribution in [0.4, 0.5) is 0 Å². The van der Waals surface area contributed by atoms with Crippen LogP contribution in [0.3, 0.4) is 0 Å². The first-order chi connectivity index (χ1) is 7.92. The number of nitrogens with zero attached hydrogens (tertiary/aromatic N) is 1. The summed E-state index contributed by atoms with van der Waals surface area (Å²) < 4.78 is 0. The van der Waals surface area contributed by atoms with E-state index in [9.17, 15) is 0 Å². The largest absolute Gasteiger partial charge is 0.316 e. The van der Waals surface area contributed by atoms with E-state index in [1.54, 1.807) is 0 Å². The molecule has 2 aliphatic rings. The molecule has 3 rings (SSSR count). The number of nitrogens with one attached hydrogen (secondary N) is 1. The van der Waals surface area contributed by atoms with Crippen LogP contribution in [0.25, 0.3) is 0 Å². The van der Waals surface area contributed by atoms with E-state index in [1.807, 2.05) is 11.3 Å². The molecule has 0 spiro atoms. The van der Waals surface area contributed by atoms with Gasteiger partial charge >= 0.3 is 0 Å². The van der Waals surface area contributed by atoms with E-state index in [4.69, 9.17) is 0 Å². The Kier molecular flexibility index (Phi) is 3.27. The summed E-state index contributed by atoms with van der Waals surface area (Å²) in [5, 5.41) is 5.66. The van der Waals surface area contributed by atoms with Crippen molar-refractivity contribution in [3.8, 4) is 0 Å². The summed E-state index contributed by atoms with van der Waals surface area (Å²) in [7, 11) is 0. The fourth-order valence-corrected chi connectivity index (χ4v) is 3.32. The van der Waals surface area contributed by atoms with Gasteiger partial charge in [0.2, 0.25) is 0 Å². The molecule has 0 radical (unpaired) electrons. The van der Waals surface area contributed by atoms with Crippen molar-refractivity contribution in [3.63, 3.8) is 0 Å². The van der Waals surface area contributed by atoms with Gasteiger partial charge < -0.3 is 5.32 Å². The van der Waals surface area contributed by atoms with Gasteiger partial charge in [0.25, 0.3) is 0 Å². The van der Waals surface area contributed by atoms with Crippen LogP contribution in [0.1, 0.15) is 24.1 Å². The summed E-state index contributed by atoms with van der Waals surface area (Å²) >= 11 is 1.90. The molecule has 2 nitrogen and oxygen atoms in total. The lowest BCUT2D eigenvalue weighted by molar-refractivity contribution is 0.221. The first kappa shape index (κ1) is 10.8. The zero-order chi connectivity index (χ0) is 10.8. The fraction of sp³-hybridized carbons (Fsp3) is 0.692. The van der Waals surface area contributed by atoms with Gasteiger partial charge in [0.1, 0.15) is 0 Å². The smallest absolute Gasteiger partial charge is 0.0330 e. The zero-order valence-electron chi connectivity index (χ0n) is 9.69. The summed E-state index contributed by atoms with van der Waals surface area (Å²) in [5.74, 6) is 0.889. The number of thiophene rings is 1. The van der Waals surface area contributed by atoms with Gasteiger partial charge in [0, 0.05) is 24.0 Å².